The molecular weight excluding hydrogens is 232 g/mol. The highest BCUT2D eigenvalue weighted by molar-refractivity contribution is 4.80. The molecule has 2 aliphatic rings. The molecule has 2 heteroatoms. The zero-order valence-corrected chi connectivity index (χ0v) is 13.3. The molecule has 2 rings (SSSR count). The van der Waals surface area contributed by atoms with Gasteiger partial charge in [-0.1, -0.05) is 46.5 Å². The number of rotatable bonds is 5. The van der Waals surface area contributed by atoms with E-state index in [-0.39, 0.29) is 0 Å². The van der Waals surface area contributed by atoms with E-state index in [1.54, 1.807) is 0 Å². The molecule has 1 aliphatic carbocycles. The van der Waals surface area contributed by atoms with Gasteiger partial charge in [0.05, 0.1) is 0 Å². The van der Waals surface area contributed by atoms with Crippen LogP contribution in [-0.4, -0.2) is 37.1 Å². The van der Waals surface area contributed by atoms with Crippen molar-refractivity contribution < 1.29 is 0 Å². The highest BCUT2D eigenvalue weighted by Crippen LogP contribution is 2.30. The van der Waals surface area contributed by atoms with Crippen LogP contribution in [0.4, 0.5) is 0 Å². The summed E-state index contributed by atoms with van der Waals surface area (Å²) in [6, 6.07) is 0.736. The summed E-state index contributed by atoms with van der Waals surface area (Å²) in [7, 11) is 0. The molecule has 19 heavy (non-hydrogen) atoms. The summed E-state index contributed by atoms with van der Waals surface area (Å²) < 4.78 is 0. The van der Waals surface area contributed by atoms with Crippen molar-refractivity contribution in [1.29, 1.82) is 0 Å². The van der Waals surface area contributed by atoms with Gasteiger partial charge < -0.3 is 10.2 Å². The summed E-state index contributed by atoms with van der Waals surface area (Å²) in [6.07, 6.45) is 8.70. The molecule has 1 heterocycles. The summed E-state index contributed by atoms with van der Waals surface area (Å²) >= 11 is 0. The maximum atomic E-state index is 3.68. The van der Waals surface area contributed by atoms with Crippen molar-refractivity contribution in [1.82, 2.24) is 10.2 Å². The fourth-order valence-electron chi connectivity index (χ4n) is 3.81. The van der Waals surface area contributed by atoms with Crippen LogP contribution >= 0.6 is 0 Å². The van der Waals surface area contributed by atoms with Crippen LogP contribution in [0.1, 0.15) is 59.3 Å². The second-order valence-corrected chi connectivity index (χ2v) is 7.50. The minimum atomic E-state index is 0.736. The average molecular weight is 266 g/mol. The van der Waals surface area contributed by atoms with Crippen LogP contribution in [-0.2, 0) is 0 Å². The fraction of sp³-hybridized carbons (Fsp3) is 1.00. The molecule has 2 fully saturated rings. The Morgan fingerprint density at radius 3 is 2.58 bits per heavy atom. The molecule has 1 unspecified atom stereocenters. The Kier molecular flexibility index (Phi) is 6.15. The second kappa shape index (κ2) is 7.64. The van der Waals surface area contributed by atoms with Gasteiger partial charge in [0, 0.05) is 25.7 Å². The van der Waals surface area contributed by atoms with Gasteiger partial charge in [0.2, 0.25) is 0 Å². The zero-order chi connectivity index (χ0) is 13.7. The van der Waals surface area contributed by atoms with E-state index in [9.17, 15) is 0 Å². The lowest BCUT2D eigenvalue weighted by Gasteiger charge is -2.36. The van der Waals surface area contributed by atoms with Gasteiger partial charge in [-0.05, 0) is 37.1 Å². The topological polar surface area (TPSA) is 15.3 Å². The molecule has 0 radical (unpaired) electrons. The van der Waals surface area contributed by atoms with E-state index < -0.39 is 0 Å². The van der Waals surface area contributed by atoms with Crippen molar-refractivity contribution in [2.45, 2.75) is 65.3 Å². The number of nitrogens with one attached hydrogen (secondary N) is 1. The van der Waals surface area contributed by atoms with E-state index in [0.29, 0.717) is 0 Å². The first-order valence-electron chi connectivity index (χ1n) is 8.59. The van der Waals surface area contributed by atoms with E-state index in [0.717, 1.165) is 23.8 Å². The van der Waals surface area contributed by atoms with Gasteiger partial charge in [-0.3, -0.25) is 0 Å². The van der Waals surface area contributed by atoms with Gasteiger partial charge in [-0.2, -0.15) is 0 Å². The van der Waals surface area contributed by atoms with Crippen molar-refractivity contribution in [3.05, 3.63) is 0 Å². The number of piperazine rings is 1. The highest BCUT2D eigenvalue weighted by atomic mass is 15.2. The SMILES string of the molecule is CC(C)CC1CN(CCC2CCC(C)CC2)CCN1. The van der Waals surface area contributed by atoms with E-state index in [1.165, 1.54) is 64.7 Å². The minimum Gasteiger partial charge on any atom is -0.311 e. The lowest BCUT2D eigenvalue weighted by Crippen LogP contribution is -2.51. The Hall–Kier alpha value is -0.0800. The molecule has 1 N–H and O–H groups in total. The molecule has 1 saturated heterocycles. The van der Waals surface area contributed by atoms with Crippen LogP contribution in [0, 0.1) is 17.8 Å². The third-order valence-corrected chi connectivity index (χ3v) is 5.08. The smallest absolute Gasteiger partial charge is 0.0197 e. The fourth-order valence-corrected chi connectivity index (χ4v) is 3.81. The number of hydrogen-bond acceptors (Lipinski definition) is 2. The van der Waals surface area contributed by atoms with Crippen LogP contribution < -0.4 is 5.32 Å². The predicted octanol–water partition coefficient (Wildman–Crippen LogP) is 3.52. The maximum absolute atomic E-state index is 3.68. The van der Waals surface area contributed by atoms with Crippen molar-refractivity contribution in [3.63, 3.8) is 0 Å². The Bertz CT molecular complexity index is 244. The third-order valence-electron chi connectivity index (χ3n) is 5.08. The van der Waals surface area contributed by atoms with Gasteiger partial charge in [-0.25, -0.2) is 0 Å². The molecule has 0 aromatic carbocycles. The molecule has 112 valence electrons. The molecule has 1 atom stereocenters. The molecule has 0 amide bonds. The molecule has 0 aromatic heterocycles. The summed E-state index contributed by atoms with van der Waals surface area (Å²) in [5, 5.41) is 3.68. The Labute approximate surface area is 120 Å². The minimum absolute atomic E-state index is 0.736. The molecule has 1 saturated carbocycles. The van der Waals surface area contributed by atoms with E-state index in [4.69, 9.17) is 0 Å². The normalized spacial score (nSPS) is 33.8. The van der Waals surface area contributed by atoms with Crippen molar-refractivity contribution in [2.24, 2.45) is 17.8 Å². The number of nitrogens with zero attached hydrogens (tertiary/aromatic N) is 1. The maximum Gasteiger partial charge on any atom is 0.0197 e. The van der Waals surface area contributed by atoms with Gasteiger partial charge in [0.25, 0.3) is 0 Å². The summed E-state index contributed by atoms with van der Waals surface area (Å²) in [5.74, 6) is 2.83. The lowest BCUT2D eigenvalue weighted by atomic mass is 9.81. The quantitative estimate of drug-likeness (QED) is 0.819. The van der Waals surface area contributed by atoms with Crippen molar-refractivity contribution in [3.8, 4) is 0 Å². The largest absolute Gasteiger partial charge is 0.311 e. The molecule has 2 nitrogen and oxygen atoms in total. The van der Waals surface area contributed by atoms with E-state index in [1.807, 2.05) is 0 Å². The van der Waals surface area contributed by atoms with Gasteiger partial charge >= 0.3 is 0 Å². The predicted molar refractivity (Wildman–Crippen MR) is 83.4 cm³/mol. The standard InChI is InChI=1S/C17H34N2/c1-14(2)12-17-13-19(11-9-18-17)10-8-16-6-4-15(3)5-7-16/h14-18H,4-13H2,1-3H3. The van der Waals surface area contributed by atoms with Crippen LogP contribution in [0.5, 0.6) is 0 Å². The summed E-state index contributed by atoms with van der Waals surface area (Å²) in [6.45, 7) is 12.2. The first-order chi connectivity index (χ1) is 9.13. The second-order valence-electron chi connectivity index (χ2n) is 7.50. The van der Waals surface area contributed by atoms with Gasteiger partial charge in [0.1, 0.15) is 0 Å². The first kappa shape index (κ1) is 15.3. The van der Waals surface area contributed by atoms with Crippen LogP contribution in [0.2, 0.25) is 0 Å². The lowest BCUT2D eigenvalue weighted by molar-refractivity contribution is 0.165. The van der Waals surface area contributed by atoms with Crippen LogP contribution in [0.25, 0.3) is 0 Å². The number of hydrogen-bond donors (Lipinski definition) is 1. The third kappa shape index (κ3) is 5.43. The summed E-state index contributed by atoms with van der Waals surface area (Å²) in [5.41, 5.74) is 0. The Morgan fingerprint density at radius 1 is 1.16 bits per heavy atom. The zero-order valence-electron chi connectivity index (χ0n) is 13.3. The van der Waals surface area contributed by atoms with Crippen LogP contribution in [0.3, 0.4) is 0 Å². The first-order valence-corrected chi connectivity index (χ1v) is 8.59. The average Bonchev–Trinajstić information content (AvgIpc) is 2.38. The molecule has 1 aliphatic heterocycles. The molecule has 0 aromatic rings. The van der Waals surface area contributed by atoms with E-state index >= 15 is 0 Å². The van der Waals surface area contributed by atoms with Gasteiger partial charge in [0.15, 0.2) is 0 Å². The Balaban J connectivity index is 1.65. The molecule has 0 spiro atoms. The van der Waals surface area contributed by atoms with Crippen LogP contribution in [0.15, 0.2) is 0 Å². The molecular formula is C17H34N2. The monoisotopic (exact) mass is 266 g/mol. The van der Waals surface area contributed by atoms with Crippen molar-refractivity contribution >= 4 is 0 Å². The van der Waals surface area contributed by atoms with Crippen molar-refractivity contribution in [2.75, 3.05) is 26.2 Å². The summed E-state index contributed by atoms with van der Waals surface area (Å²) in [4.78, 5) is 2.71. The molecule has 0 bridgehead atoms. The van der Waals surface area contributed by atoms with E-state index in [2.05, 4.69) is 31.0 Å². The highest BCUT2D eigenvalue weighted by Gasteiger charge is 2.22. The van der Waals surface area contributed by atoms with Gasteiger partial charge in [-0.15, -0.1) is 0 Å². The Morgan fingerprint density at radius 2 is 1.89 bits per heavy atom.